The van der Waals surface area contributed by atoms with E-state index in [0.717, 1.165) is 17.4 Å². The van der Waals surface area contributed by atoms with Crippen molar-refractivity contribution in [1.82, 2.24) is 4.90 Å². The smallest absolute Gasteiger partial charge is 0.469 e. The van der Waals surface area contributed by atoms with Gasteiger partial charge in [-0.25, -0.2) is 4.39 Å². The molecule has 0 spiro atoms. The second kappa shape index (κ2) is 6.22. The van der Waals surface area contributed by atoms with E-state index < -0.39 is 12.9 Å². The molecule has 0 aliphatic rings. The van der Waals surface area contributed by atoms with Crippen molar-refractivity contribution in [3.05, 3.63) is 53.2 Å². The maximum Gasteiger partial charge on any atom is 0.488 e. The lowest BCUT2D eigenvalue weighted by Gasteiger charge is -2.18. The fraction of sp³-hybridized carbons (Fsp3) is 0.286. The van der Waals surface area contributed by atoms with Crippen LogP contribution in [-0.2, 0) is 13.1 Å². The normalized spacial score (nSPS) is 11.1. The fourth-order valence-corrected chi connectivity index (χ4v) is 2.16. The van der Waals surface area contributed by atoms with Gasteiger partial charge in [-0.2, -0.15) is 0 Å². The number of aryl methyl sites for hydroxylation is 1. The van der Waals surface area contributed by atoms with Crippen LogP contribution in [0.3, 0.4) is 0 Å². The molecule has 0 radical (unpaired) electrons. The average Bonchev–Trinajstić information content (AvgIpc) is 2.77. The van der Waals surface area contributed by atoms with E-state index in [9.17, 15) is 14.4 Å². The molecule has 2 aromatic rings. The van der Waals surface area contributed by atoms with Crippen molar-refractivity contribution in [3.63, 3.8) is 0 Å². The molecular formula is C14H17BFNO3. The predicted molar refractivity (Wildman–Crippen MR) is 74.8 cm³/mol. The van der Waals surface area contributed by atoms with Gasteiger partial charge in [0.2, 0.25) is 0 Å². The summed E-state index contributed by atoms with van der Waals surface area (Å²) in [5.74, 6) is 0.378. The van der Waals surface area contributed by atoms with Gasteiger partial charge in [0.05, 0.1) is 6.26 Å². The van der Waals surface area contributed by atoms with Crippen molar-refractivity contribution >= 4 is 12.6 Å². The Morgan fingerprint density at radius 3 is 2.50 bits per heavy atom. The molecule has 106 valence electrons. The van der Waals surface area contributed by atoms with Crippen molar-refractivity contribution in [2.45, 2.75) is 20.0 Å². The maximum atomic E-state index is 13.2. The number of rotatable bonds is 5. The highest BCUT2D eigenvalue weighted by Gasteiger charge is 2.18. The highest BCUT2D eigenvalue weighted by molar-refractivity contribution is 6.59. The molecule has 1 heterocycles. The van der Waals surface area contributed by atoms with Crippen LogP contribution < -0.4 is 5.46 Å². The quantitative estimate of drug-likeness (QED) is 0.802. The average molecular weight is 277 g/mol. The Kier molecular flexibility index (Phi) is 4.59. The first-order valence-electron chi connectivity index (χ1n) is 6.33. The van der Waals surface area contributed by atoms with Crippen LogP contribution in [0.15, 0.2) is 34.9 Å². The van der Waals surface area contributed by atoms with Crippen LogP contribution in [0.4, 0.5) is 4.39 Å². The summed E-state index contributed by atoms with van der Waals surface area (Å²) >= 11 is 0. The van der Waals surface area contributed by atoms with E-state index in [1.807, 2.05) is 24.9 Å². The molecule has 2 rings (SSSR count). The SMILES string of the molecule is Cc1occc1CN(C)Cc1ccc(F)cc1B(O)O. The van der Waals surface area contributed by atoms with Crippen molar-refractivity contribution in [3.8, 4) is 0 Å². The van der Waals surface area contributed by atoms with E-state index in [0.29, 0.717) is 18.7 Å². The van der Waals surface area contributed by atoms with Crippen molar-refractivity contribution in [1.29, 1.82) is 0 Å². The zero-order valence-electron chi connectivity index (χ0n) is 11.5. The lowest BCUT2D eigenvalue weighted by molar-refractivity contribution is 0.316. The minimum absolute atomic E-state index is 0.195. The van der Waals surface area contributed by atoms with Crippen LogP contribution in [-0.4, -0.2) is 29.1 Å². The van der Waals surface area contributed by atoms with Gasteiger partial charge >= 0.3 is 7.12 Å². The number of hydrogen-bond donors (Lipinski definition) is 2. The van der Waals surface area contributed by atoms with Gasteiger partial charge in [0, 0.05) is 18.7 Å². The summed E-state index contributed by atoms with van der Waals surface area (Å²) in [5.41, 5.74) is 1.95. The standard InChI is InChI=1S/C14H17BFNO3/c1-10-11(5-6-20-10)8-17(2)9-12-3-4-13(16)7-14(12)15(18)19/h3-7,18-19H,8-9H2,1-2H3. The van der Waals surface area contributed by atoms with Crippen LogP contribution in [0.2, 0.25) is 0 Å². The summed E-state index contributed by atoms with van der Waals surface area (Å²) in [6.07, 6.45) is 1.64. The third-order valence-electron chi connectivity index (χ3n) is 3.23. The number of benzene rings is 1. The minimum Gasteiger partial charge on any atom is -0.469 e. The molecule has 0 aliphatic heterocycles. The number of nitrogens with zero attached hydrogens (tertiary/aromatic N) is 1. The van der Waals surface area contributed by atoms with Gasteiger partial charge in [-0.3, -0.25) is 4.90 Å². The summed E-state index contributed by atoms with van der Waals surface area (Å²) in [7, 11) is 0.230. The molecule has 1 aromatic heterocycles. The number of furan rings is 1. The molecule has 2 N–H and O–H groups in total. The molecule has 20 heavy (non-hydrogen) atoms. The van der Waals surface area contributed by atoms with E-state index in [2.05, 4.69) is 0 Å². The summed E-state index contributed by atoms with van der Waals surface area (Å²) < 4.78 is 18.4. The second-order valence-electron chi connectivity index (χ2n) is 4.89. The molecule has 0 saturated heterocycles. The van der Waals surface area contributed by atoms with Crippen molar-refractivity contribution < 1.29 is 18.9 Å². The molecular weight excluding hydrogens is 260 g/mol. The van der Waals surface area contributed by atoms with E-state index in [1.165, 1.54) is 6.07 Å². The summed E-state index contributed by atoms with van der Waals surface area (Å²) in [4.78, 5) is 2.00. The number of hydrogen-bond acceptors (Lipinski definition) is 4. The second-order valence-corrected chi connectivity index (χ2v) is 4.89. The van der Waals surface area contributed by atoms with Gasteiger partial charge < -0.3 is 14.5 Å². The van der Waals surface area contributed by atoms with Gasteiger partial charge in [0.15, 0.2) is 0 Å². The molecule has 0 aliphatic carbocycles. The molecule has 1 aromatic carbocycles. The Morgan fingerprint density at radius 1 is 1.20 bits per heavy atom. The Morgan fingerprint density at radius 2 is 1.90 bits per heavy atom. The third kappa shape index (κ3) is 3.48. The van der Waals surface area contributed by atoms with Crippen LogP contribution in [0.5, 0.6) is 0 Å². The van der Waals surface area contributed by atoms with E-state index in [-0.39, 0.29) is 5.46 Å². The molecule has 4 nitrogen and oxygen atoms in total. The zero-order valence-corrected chi connectivity index (χ0v) is 11.5. The van der Waals surface area contributed by atoms with Crippen molar-refractivity contribution in [2.75, 3.05) is 7.05 Å². The van der Waals surface area contributed by atoms with Gasteiger partial charge in [-0.15, -0.1) is 0 Å². The largest absolute Gasteiger partial charge is 0.488 e. The Balaban J connectivity index is 2.11. The first kappa shape index (κ1) is 14.8. The van der Waals surface area contributed by atoms with E-state index in [1.54, 1.807) is 12.3 Å². The van der Waals surface area contributed by atoms with Gasteiger partial charge in [0.1, 0.15) is 11.6 Å². The summed E-state index contributed by atoms with van der Waals surface area (Å²) in [6, 6.07) is 5.94. The highest BCUT2D eigenvalue weighted by atomic mass is 19.1. The molecule has 0 fully saturated rings. The molecule has 0 amide bonds. The van der Waals surface area contributed by atoms with Crippen LogP contribution in [0.1, 0.15) is 16.9 Å². The molecule has 0 bridgehead atoms. The van der Waals surface area contributed by atoms with Gasteiger partial charge in [-0.05, 0) is 43.2 Å². The van der Waals surface area contributed by atoms with Gasteiger partial charge in [-0.1, -0.05) is 6.07 Å². The minimum atomic E-state index is -1.68. The highest BCUT2D eigenvalue weighted by Crippen LogP contribution is 2.13. The fourth-order valence-electron chi connectivity index (χ4n) is 2.16. The predicted octanol–water partition coefficient (Wildman–Crippen LogP) is 1.04. The summed E-state index contributed by atoms with van der Waals surface area (Å²) in [5, 5.41) is 18.6. The lowest BCUT2D eigenvalue weighted by atomic mass is 9.77. The van der Waals surface area contributed by atoms with Crippen molar-refractivity contribution in [2.24, 2.45) is 0 Å². The van der Waals surface area contributed by atoms with Crippen LogP contribution >= 0.6 is 0 Å². The van der Waals surface area contributed by atoms with Gasteiger partial charge in [0.25, 0.3) is 0 Å². The zero-order chi connectivity index (χ0) is 14.7. The molecule has 0 unspecified atom stereocenters. The first-order valence-corrected chi connectivity index (χ1v) is 6.33. The molecule has 0 atom stereocenters. The van der Waals surface area contributed by atoms with E-state index in [4.69, 9.17) is 4.42 Å². The Hall–Kier alpha value is -1.63. The van der Waals surface area contributed by atoms with Crippen LogP contribution in [0.25, 0.3) is 0 Å². The summed E-state index contributed by atoms with van der Waals surface area (Å²) in [6.45, 7) is 3.04. The van der Waals surface area contributed by atoms with Crippen LogP contribution in [0, 0.1) is 12.7 Å². The monoisotopic (exact) mass is 277 g/mol. The lowest BCUT2D eigenvalue weighted by Crippen LogP contribution is -2.35. The maximum absolute atomic E-state index is 13.2. The number of halogens is 1. The first-order chi connectivity index (χ1) is 9.47. The topological polar surface area (TPSA) is 56.8 Å². The Bertz CT molecular complexity index is 586. The molecule has 0 saturated carbocycles. The Labute approximate surface area is 117 Å². The molecule has 6 heteroatoms. The third-order valence-corrected chi connectivity index (χ3v) is 3.23. The van der Waals surface area contributed by atoms with E-state index >= 15 is 0 Å².